The monoisotopic (exact) mass is 208 g/mol. The van der Waals surface area contributed by atoms with Gasteiger partial charge in [-0.1, -0.05) is 31.2 Å². The molecule has 1 atom stereocenters. The van der Waals surface area contributed by atoms with Crippen molar-refractivity contribution in [2.24, 2.45) is 5.92 Å². The quantitative estimate of drug-likeness (QED) is 0.597. The molecule has 1 unspecified atom stereocenters. The molecule has 0 fully saturated rings. The molecule has 0 spiro atoms. The standard InChI is InChI=1S/C12H14O.CH3F/c1-9-6-7-10-4-2-3-5-11(10)12(13)8-9;1-2/h2-5,9H,6-8H2,1H3;1H3. The first-order chi connectivity index (χ1) is 7.27. The Kier molecular flexibility index (Phi) is 4.47. The topological polar surface area (TPSA) is 17.1 Å². The summed E-state index contributed by atoms with van der Waals surface area (Å²) in [7, 11) is 0.500. The molecular formula is C13H17FO. The van der Waals surface area contributed by atoms with Crippen LogP contribution in [0.3, 0.4) is 0 Å². The van der Waals surface area contributed by atoms with Crippen LogP contribution in [0.5, 0.6) is 0 Å². The van der Waals surface area contributed by atoms with E-state index in [4.69, 9.17) is 0 Å². The van der Waals surface area contributed by atoms with E-state index >= 15 is 0 Å². The van der Waals surface area contributed by atoms with Crippen LogP contribution in [0.4, 0.5) is 4.39 Å². The molecule has 1 aromatic rings. The molecule has 0 radical (unpaired) electrons. The lowest BCUT2D eigenvalue weighted by atomic mass is 10.0. The van der Waals surface area contributed by atoms with E-state index in [-0.39, 0.29) is 0 Å². The van der Waals surface area contributed by atoms with E-state index in [0.717, 1.165) is 24.8 Å². The van der Waals surface area contributed by atoms with Crippen LogP contribution in [0.25, 0.3) is 0 Å². The molecule has 82 valence electrons. The summed E-state index contributed by atoms with van der Waals surface area (Å²) in [4.78, 5) is 11.7. The fourth-order valence-electron chi connectivity index (χ4n) is 1.94. The Morgan fingerprint density at radius 3 is 2.67 bits per heavy atom. The Balaban J connectivity index is 0.000000531. The van der Waals surface area contributed by atoms with Crippen molar-refractivity contribution in [1.82, 2.24) is 0 Å². The summed E-state index contributed by atoms with van der Waals surface area (Å²) in [6, 6.07) is 8.00. The fourth-order valence-corrected chi connectivity index (χ4v) is 1.94. The zero-order valence-electron chi connectivity index (χ0n) is 9.29. The molecule has 0 amide bonds. The van der Waals surface area contributed by atoms with Gasteiger partial charge in [0, 0.05) is 12.0 Å². The van der Waals surface area contributed by atoms with Gasteiger partial charge in [-0.15, -0.1) is 0 Å². The third-order valence-electron chi connectivity index (χ3n) is 2.76. The highest BCUT2D eigenvalue weighted by Gasteiger charge is 2.18. The number of hydrogen-bond donors (Lipinski definition) is 0. The average Bonchev–Trinajstić information content (AvgIpc) is 2.42. The largest absolute Gasteiger partial charge is 0.294 e. The molecule has 1 aromatic carbocycles. The molecule has 0 N–H and O–H groups in total. The number of halogens is 1. The first kappa shape index (κ1) is 11.9. The van der Waals surface area contributed by atoms with Crippen molar-refractivity contribution >= 4 is 5.78 Å². The van der Waals surface area contributed by atoms with Crippen molar-refractivity contribution < 1.29 is 9.18 Å². The number of aryl methyl sites for hydroxylation is 1. The average molecular weight is 208 g/mol. The lowest BCUT2D eigenvalue weighted by molar-refractivity contribution is 0.0967. The second-order valence-electron chi connectivity index (χ2n) is 3.93. The number of fused-ring (bicyclic) bond motifs is 1. The van der Waals surface area contributed by atoms with Gasteiger partial charge in [0.15, 0.2) is 5.78 Å². The summed E-state index contributed by atoms with van der Waals surface area (Å²) in [5, 5.41) is 0. The zero-order chi connectivity index (χ0) is 11.3. The van der Waals surface area contributed by atoms with Crippen LogP contribution < -0.4 is 0 Å². The Hall–Kier alpha value is -1.18. The van der Waals surface area contributed by atoms with Crippen LogP contribution in [0.1, 0.15) is 35.7 Å². The maximum absolute atomic E-state index is 11.7. The Morgan fingerprint density at radius 2 is 1.93 bits per heavy atom. The summed E-state index contributed by atoms with van der Waals surface area (Å²) < 4.78 is 9.50. The number of carbonyl (C=O) groups is 1. The Morgan fingerprint density at radius 1 is 1.27 bits per heavy atom. The second-order valence-corrected chi connectivity index (χ2v) is 3.93. The van der Waals surface area contributed by atoms with E-state index < -0.39 is 0 Å². The van der Waals surface area contributed by atoms with Crippen molar-refractivity contribution in [3.05, 3.63) is 35.4 Å². The SMILES string of the molecule is CC1CCc2ccccc2C(=O)C1.CF. The number of hydrogen-bond acceptors (Lipinski definition) is 1. The van der Waals surface area contributed by atoms with Gasteiger partial charge >= 0.3 is 0 Å². The third-order valence-corrected chi connectivity index (χ3v) is 2.76. The molecule has 0 saturated carbocycles. The normalized spacial score (nSPS) is 19.7. The van der Waals surface area contributed by atoms with Gasteiger partial charge in [-0.2, -0.15) is 0 Å². The predicted molar refractivity (Wildman–Crippen MR) is 59.9 cm³/mol. The summed E-state index contributed by atoms with van der Waals surface area (Å²) in [6.45, 7) is 2.16. The van der Waals surface area contributed by atoms with E-state index in [9.17, 15) is 9.18 Å². The molecule has 2 heteroatoms. The molecular weight excluding hydrogens is 191 g/mol. The highest BCUT2D eigenvalue weighted by Crippen LogP contribution is 2.23. The number of Topliss-reactive ketones (excluding diaryl/α,β-unsaturated/α-hetero) is 1. The van der Waals surface area contributed by atoms with Crippen LogP contribution >= 0.6 is 0 Å². The maximum Gasteiger partial charge on any atom is 0.163 e. The summed E-state index contributed by atoms with van der Waals surface area (Å²) in [5.41, 5.74) is 2.18. The number of alkyl halides is 1. The number of ketones is 1. The molecule has 0 bridgehead atoms. The van der Waals surface area contributed by atoms with Crippen molar-refractivity contribution in [3.8, 4) is 0 Å². The predicted octanol–water partition coefficient (Wildman–Crippen LogP) is 3.43. The van der Waals surface area contributed by atoms with Gasteiger partial charge in [0.05, 0.1) is 7.18 Å². The molecule has 1 aliphatic carbocycles. The highest BCUT2D eigenvalue weighted by atomic mass is 19.1. The van der Waals surface area contributed by atoms with E-state index in [2.05, 4.69) is 13.0 Å². The van der Waals surface area contributed by atoms with Gasteiger partial charge in [-0.3, -0.25) is 9.18 Å². The number of benzene rings is 1. The Labute approximate surface area is 90.3 Å². The lowest BCUT2D eigenvalue weighted by Gasteiger charge is -2.02. The summed E-state index contributed by atoms with van der Waals surface area (Å²) >= 11 is 0. The molecule has 1 nitrogen and oxygen atoms in total. The van der Waals surface area contributed by atoms with Crippen molar-refractivity contribution in [2.75, 3.05) is 7.18 Å². The van der Waals surface area contributed by atoms with Crippen molar-refractivity contribution in [2.45, 2.75) is 26.2 Å². The zero-order valence-corrected chi connectivity index (χ0v) is 9.29. The molecule has 2 rings (SSSR count). The van der Waals surface area contributed by atoms with Gasteiger partial charge in [0.25, 0.3) is 0 Å². The molecule has 0 saturated heterocycles. The van der Waals surface area contributed by atoms with Gasteiger partial charge < -0.3 is 0 Å². The minimum atomic E-state index is 0.320. The van der Waals surface area contributed by atoms with Crippen LogP contribution in [-0.2, 0) is 6.42 Å². The molecule has 0 aliphatic heterocycles. The van der Waals surface area contributed by atoms with Crippen LogP contribution in [0.2, 0.25) is 0 Å². The number of rotatable bonds is 0. The van der Waals surface area contributed by atoms with Gasteiger partial charge in [0.1, 0.15) is 0 Å². The Bertz CT molecular complexity index is 333. The number of carbonyl (C=O) groups excluding carboxylic acids is 1. The first-order valence-electron chi connectivity index (χ1n) is 5.26. The van der Waals surface area contributed by atoms with Gasteiger partial charge in [0.2, 0.25) is 0 Å². The van der Waals surface area contributed by atoms with Crippen LogP contribution in [0.15, 0.2) is 24.3 Å². The molecule has 15 heavy (non-hydrogen) atoms. The van der Waals surface area contributed by atoms with E-state index in [0.29, 0.717) is 18.9 Å². The minimum Gasteiger partial charge on any atom is -0.294 e. The highest BCUT2D eigenvalue weighted by molar-refractivity contribution is 5.97. The van der Waals surface area contributed by atoms with Crippen molar-refractivity contribution in [1.29, 1.82) is 0 Å². The van der Waals surface area contributed by atoms with Crippen LogP contribution in [0, 0.1) is 5.92 Å². The minimum absolute atomic E-state index is 0.320. The lowest BCUT2D eigenvalue weighted by Crippen LogP contribution is -2.02. The maximum atomic E-state index is 11.7. The summed E-state index contributed by atoms with van der Waals surface area (Å²) in [5.74, 6) is 0.862. The van der Waals surface area contributed by atoms with E-state index in [1.165, 1.54) is 5.56 Å². The third kappa shape index (κ3) is 2.88. The smallest absolute Gasteiger partial charge is 0.163 e. The molecule has 0 heterocycles. The van der Waals surface area contributed by atoms with E-state index in [1.807, 2.05) is 18.2 Å². The van der Waals surface area contributed by atoms with Crippen molar-refractivity contribution in [3.63, 3.8) is 0 Å². The van der Waals surface area contributed by atoms with Gasteiger partial charge in [-0.05, 0) is 24.3 Å². The van der Waals surface area contributed by atoms with Crippen LogP contribution in [-0.4, -0.2) is 13.0 Å². The first-order valence-corrected chi connectivity index (χ1v) is 5.26. The second kappa shape index (κ2) is 5.64. The molecule has 1 aliphatic rings. The fraction of sp³-hybridized carbons (Fsp3) is 0.462. The molecule has 0 aromatic heterocycles. The van der Waals surface area contributed by atoms with E-state index in [1.54, 1.807) is 0 Å². The summed E-state index contributed by atoms with van der Waals surface area (Å²) in [6.07, 6.45) is 2.92. The van der Waals surface area contributed by atoms with Gasteiger partial charge in [-0.25, -0.2) is 0 Å².